The summed E-state index contributed by atoms with van der Waals surface area (Å²) in [6.07, 6.45) is 6.27. The summed E-state index contributed by atoms with van der Waals surface area (Å²) >= 11 is 0. The molecule has 1 aliphatic heterocycles. The van der Waals surface area contributed by atoms with E-state index in [0.717, 1.165) is 16.7 Å². The lowest BCUT2D eigenvalue weighted by molar-refractivity contribution is -0.0195. The fourth-order valence-corrected chi connectivity index (χ4v) is 3.41. The van der Waals surface area contributed by atoms with Gasteiger partial charge in [0.05, 0.1) is 7.11 Å². The van der Waals surface area contributed by atoms with Gasteiger partial charge in [0.25, 0.3) is 0 Å². The molecule has 0 aromatic heterocycles. The minimum absolute atomic E-state index is 0.0591. The minimum Gasteiger partial charge on any atom is -0.495 e. The number of likely N-dealkylation sites (N-methyl/N-ethyl adjacent to an activating group) is 1. The molecule has 0 aliphatic carbocycles. The van der Waals surface area contributed by atoms with Crippen LogP contribution in [0, 0.1) is 0 Å². The van der Waals surface area contributed by atoms with E-state index in [9.17, 15) is 13.5 Å². The average Bonchev–Trinajstić information content (AvgIpc) is 2.63. The number of ether oxygens (including phenoxy) is 1. The number of sulfonamides is 1. The van der Waals surface area contributed by atoms with E-state index in [2.05, 4.69) is 25.9 Å². The number of nitrogens with zero attached hydrogens (tertiary/aromatic N) is 2. The van der Waals surface area contributed by atoms with Gasteiger partial charge in [0.15, 0.2) is 5.72 Å². The third-order valence-corrected chi connectivity index (χ3v) is 5.85. The maximum Gasteiger partial charge on any atom is 0.241 e. The lowest BCUT2D eigenvalue weighted by Gasteiger charge is -2.37. The molecule has 0 spiro atoms. The van der Waals surface area contributed by atoms with E-state index in [1.165, 1.54) is 32.6 Å². The predicted octanol–water partition coefficient (Wildman–Crippen LogP) is 2.63. The molecule has 0 fully saturated rings. The van der Waals surface area contributed by atoms with Gasteiger partial charge in [-0.3, -0.25) is 0 Å². The van der Waals surface area contributed by atoms with Crippen molar-refractivity contribution in [1.82, 2.24) is 9.80 Å². The third kappa shape index (κ3) is 6.85. The first-order valence-corrected chi connectivity index (χ1v) is 11.1. The van der Waals surface area contributed by atoms with Crippen LogP contribution in [0.1, 0.15) is 39.2 Å². The average molecular weight is 426 g/mol. The van der Waals surface area contributed by atoms with E-state index in [4.69, 9.17) is 9.88 Å². The highest BCUT2D eigenvalue weighted by atomic mass is 32.2. The maximum absolute atomic E-state index is 11.5. The van der Waals surface area contributed by atoms with E-state index in [1.54, 1.807) is 37.2 Å². The van der Waals surface area contributed by atoms with E-state index >= 15 is 0 Å². The summed E-state index contributed by atoms with van der Waals surface area (Å²) in [6.45, 7) is 6.98. The molecule has 1 aromatic carbocycles. The molecule has 1 unspecified atom stereocenters. The van der Waals surface area contributed by atoms with Gasteiger partial charge in [-0.05, 0) is 75.8 Å². The normalized spacial score (nSPS) is 19.3. The standard InChI is InChI=1S/C15H20N2O4S.C6H15N/c1-10-7-12(9-17(3)15(10,2)18)11-5-6-14(22(16,19)20)13(8-11)21-4;1-4-5-6-7(2)3/h5-9,18H,1-4H3,(H2,16,19,20);4-6H2,1-3H3. The second-order valence-electron chi connectivity index (χ2n) is 7.61. The summed E-state index contributed by atoms with van der Waals surface area (Å²) in [4.78, 5) is 3.84. The van der Waals surface area contributed by atoms with E-state index in [1.807, 2.05) is 13.0 Å². The second-order valence-corrected chi connectivity index (χ2v) is 9.14. The van der Waals surface area contributed by atoms with Gasteiger partial charge in [0.1, 0.15) is 10.6 Å². The first kappa shape index (κ1) is 25.2. The van der Waals surface area contributed by atoms with Crippen molar-refractivity contribution in [2.75, 3.05) is 34.8 Å². The van der Waals surface area contributed by atoms with Gasteiger partial charge in [-0.25, -0.2) is 13.6 Å². The summed E-state index contributed by atoms with van der Waals surface area (Å²) in [5.41, 5.74) is 1.34. The molecule has 0 saturated carbocycles. The Kier molecular flexibility index (Phi) is 8.89. The zero-order valence-corrected chi connectivity index (χ0v) is 19.4. The third-order valence-electron chi connectivity index (χ3n) is 4.90. The SMILES string of the molecule is CCCCN(C)C.COc1cc(C2=CN(C)C(C)(O)C(C)=C2)ccc1S(N)(=O)=O. The first-order valence-electron chi connectivity index (χ1n) is 9.56. The molecule has 0 bridgehead atoms. The van der Waals surface area contributed by atoms with Crippen LogP contribution in [-0.4, -0.2) is 63.8 Å². The Hall–Kier alpha value is -1.87. The topological polar surface area (TPSA) is 96.1 Å². The molecule has 0 amide bonds. The van der Waals surface area contributed by atoms with Crippen LogP contribution < -0.4 is 9.88 Å². The van der Waals surface area contributed by atoms with E-state index in [-0.39, 0.29) is 10.6 Å². The molecule has 1 aromatic rings. The zero-order chi connectivity index (χ0) is 22.4. The van der Waals surface area contributed by atoms with Gasteiger partial charge < -0.3 is 19.6 Å². The molecule has 1 atom stereocenters. The van der Waals surface area contributed by atoms with Crippen LogP contribution >= 0.6 is 0 Å². The van der Waals surface area contributed by atoms with Crippen molar-refractivity contribution in [3.05, 3.63) is 41.6 Å². The molecule has 29 heavy (non-hydrogen) atoms. The lowest BCUT2D eigenvalue weighted by atomic mass is 9.95. The molecule has 3 N–H and O–H groups in total. The smallest absolute Gasteiger partial charge is 0.241 e. The van der Waals surface area contributed by atoms with Crippen molar-refractivity contribution in [2.24, 2.45) is 5.14 Å². The number of hydrogen-bond acceptors (Lipinski definition) is 6. The number of unbranched alkanes of at least 4 members (excludes halogenated alkanes) is 1. The predicted molar refractivity (Wildman–Crippen MR) is 118 cm³/mol. The minimum atomic E-state index is -3.84. The Morgan fingerprint density at radius 3 is 2.34 bits per heavy atom. The summed E-state index contributed by atoms with van der Waals surface area (Å²) in [7, 11) is 3.53. The molecule has 7 nitrogen and oxygen atoms in total. The number of primary sulfonamides is 1. The highest BCUT2D eigenvalue weighted by Gasteiger charge is 2.30. The Balaban J connectivity index is 0.000000516. The molecule has 164 valence electrons. The van der Waals surface area contributed by atoms with Gasteiger partial charge >= 0.3 is 0 Å². The van der Waals surface area contributed by atoms with Crippen LogP contribution in [0.3, 0.4) is 0 Å². The van der Waals surface area contributed by atoms with Gasteiger partial charge in [-0.15, -0.1) is 0 Å². The summed E-state index contributed by atoms with van der Waals surface area (Å²) in [5, 5.41) is 15.5. The lowest BCUT2D eigenvalue weighted by Crippen LogP contribution is -2.43. The van der Waals surface area contributed by atoms with Crippen LogP contribution in [0.2, 0.25) is 0 Å². The van der Waals surface area contributed by atoms with Crippen LogP contribution in [0.25, 0.3) is 5.57 Å². The Bertz CT molecular complexity index is 859. The van der Waals surface area contributed by atoms with Gasteiger partial charge in [0.2, 0.25) is 10.0 Å². The van der Waals surface area contributed by atoms with Crippen LogP contribution in [-0.2, 0) is 10.0 Å². The monoisotopic (exact) mass is 425 g/mol. The molecule has 0 radical (unpaired) electrons. The molecule has 2 rings (SSSR count). The van der Waals surface area contributed by atoms with Crippen molar-refractivity contribution >= 4 is 15.6 Å². The molecule has 1 heterocycles. The van der Waals surface area contributed by atoms with Crippen molar-refractivity contribution in [1.29, 1.82) is 0 Å². The molecule has 8 heteroatoms. The largest absolute Gasteiger partial charge is 0.495 e. The number of aliphatic hydroxyl groups is 1. The number of rotatable bonds is 6. The van der Waals surface area contributed by atoms with Crippen LogP contribution in [0.4, 0.5) is 0 Å². The second kappa shape index (κ2) is 10.2. The van der Waals surface area contributed by atoms with Crippen molar-refractivity contribution < 1.29 is 18.3 Å². The molecular weight excluding hydrogens is 390 g/mol. The summed E-state index contributed by atoms with van der Waals surface area (Å²) in [6, 6.07) is 4.69. The Morgan fingerprint density at radius 1 is 1.31 bits per heavy atom. The van der Waals surface area contributed by atoms with Crippen molar-refractivity contribution in [3.63, 3.8) is 0 Å². The number of hydrogen-bond donors (Lipinski definition) is 2. The molecular formula is C21H35N3O4S. The summed E-state index contributed by atoms with van der Waals surface area (Å²) in [5.74, 6) is 0.187. The summed E-state index contributed by atoms with van der Waals surface area (Å²) < 4.78 is 28.2. The number of allylic oxidation sites excluding steroid dienone is 2. The fraction of sp³-hybridized carbons (Fsp3) is 0.524. The van der Waals surface area contributed by atoms with Gasteiger partial charge in [-0.1, -0.05) is 19.4 Å². The highest BCUT2D eigenvalue weighted by molar-refractivity contribution is 7.89. The number of nitrogens with two attached hydrogens (primary N) is 1. The Labute approximate surface area is 175 Å². The van der Waals surface area contributed by atoms with Gasteiger partial charge in [0, 0.05) is 13.2 Å². The zero-order valence-electron chi connectivity index (χ0n) is 18.6. The van der Waals surface area contributed by atoms with Crippen molar-refractivity contribution in [2.45, 2.75) is 44.2 Å². The highest BCUT2D eigenvalue weighted by Crippen LogP contribution is 2.34. The van der Waals surface area contributed by atoms with Gasteiger partial charge in [-0.2, -0.15) is 0 Å². The van der Waals surface area contributed by atoms with Crippen LogP contribution in [0.5, 0.6) is 5.75 Å². The quantitative estimate of drug-likeness (QED) is 0.727. The van der Waals surface area contributed by atoms with E-state index in [0.29, 0.717) is 0 Å². The van der Waals surface area contributed by atoms with E-state index < -0.39 is 15.7 Å². The fourth-order valence-electron chi connectivity index (χ4n) is 2.73. The van der Waals surface area contributed by atoms with Crippen LogP contribution in [0.15, 0.2) is 40.9 Å². The number of benzene rings is 1. The molecule has 1 aliphatic rings. The Morgan fingerprint density at radius 2 is 1.93 bits per heavy atom. The maximum atomic E-state index is 11.5. The molecule has 0 saturated heterocycles. The number of methoxy groups -OCH3 is 1. The first-order chi connectivity index (χ1) is 13.3. The van der Waals surface area contributed by atoms with Crippen molar-refractivity contribution in [3.8, 4) is 5.75 Å².